The lowest BCUT2D eigenvalue weighted by molar-refractivity contribution is -0.141. The van der Waals surface area contributed by atoms with Crippen molar-refractivity contribution in [3.05, 3.63) is 29.8 Å². The number of nitrogens with zero attached hydrogens (tertiary/aromatic N) is 1. The molecule has 0 bridgehead atoms. The number of ether oxygens (including phenoxy) is 1. The summed E-state index contributed by atoms with van der Waals surface area (Å²) in [5, 5.41) is 8.97. The molecule has 0 fully saturated rings. The van der Waals surface area contributed by atoms with Crippen molar-refractivity contribution in [2.24, 2.45) is 5.92 Å². The van der Waals surface area contributed by atoms with Crippen molar-refractivity contribution in [2.45, 2.75) is 20.3 Å². The summed E-state index contributed by atoms with van der Waals surface area (Å²) < 4.78 is 5.05. The fourth-order valence-electron chi connectivity index (χ4n) is 1.87. The van der Waals surface area contributed by atoms with E-state index in [0.29, 0.717) is 17.9 Å². The van der Waals surface area contributed by atoms with Crippen molar-refractivity contribution in [3.63, 3.8) is 0 Å². The van der Waals surface area contributed by atoms with Gasteiger partial charge in [-0.3, -0.25) is 9.59 Å². The first-order chi connectivity index (χ1) is 9.49. The average molecular weight is 279 g/mol. The first-order valence-electron chi connectivity index (χ1n) is 6.65. The first-order valence-corrected chi connectivity index (χ1v) is 6.65. The highest BCUT2D eigenvalue weighted by atomic mass is 16.5. The van der Waals surface area contributed by atoms with Gasteiger partial charge in [-0.25, -0.2) is 0 Å². The molecule has 0 saturated heterocycles. The van der Waals surface area contributed by atoms with Gasteiger partial charge < -0.3 is 14.7 Å². The van der Waals surface area contributed by atoms with Crippen LogP contribution in [-0.4, -0.2) is 42.1 Å². The van der Waals surface area contributed by atoms with Gasteiger partial charge in [0.15, 0.2) is 0 Å². The molecule has 1 aromatic rings. The standard InChI is InChI=1S/C15H21NO4/c1-4-9-16(10-11(2)15(18)19)14(17)12-5-7-13(20-3)8-6-12/h5-8,11H,4,9-10H2,1-3H3,(H,18,19). The molecule has 5 nitrogen and oxygen atoms in total. The van der Waals surface area contributed by atoms with Crippen molar-refractivity contribution in [2.75, 3.05) is 20.2 Å². The van der Waals surface area contributed by atoms with E-state index in [2.05, 4.69) is 0 Å². The van der Waals surface area contributed by atoms with E-state index in [0.717, 1.165) is 6.42 Å². The Morgan fingerprint density at radius 1 is 1.30 bits per heavy atom. The first kappa shape index (κ1) is 16.0. The molecule has 20 heavy (non-hydrogen) atoms. The van der Waals surface area contributed by atoms with Gasteiger partial charge in [-0.05, 0) is 30.7 Å². The topological polar surface area (TPSA) is 66.8 Å². The third-order valence-corrected chi connectivity index (χ3v) is 3.03. The maximum absolute atomic E-state index is 12.4. The molecule has 0 saturated carbocycles. The van der Waals surface area contributed by atoms with E-state index in [4.69, 9.17) is 9.84 Å². The molecule has 0 aromatic heterocycles. The van der Waals surface area contributed by atoms with Crippen LogP contribution < -0.4 is 4.74 Å². The van der Waals surface area contributed by atoms with E-state index in [1.165, 1.54) is 0 Å². The molecule has 1 rings (SSSR count). The smallest absolute Gasteiger partial charge is 0.308 e. The van der Waals surface area contributed by atoms with Crippen LogP contribution in [0.3, 0.4) is 0 Å². The van der Waals surface area contributed by atoms with Gasteiger partial charge >= 0.3 is 5.97 Å². The Morgan fingerprint density at radius 2 is 1.90 bits per heavy atom. The molecule has 0 radical (unpaired) electrons. The largest absolute Gasteiger partial charge is 0.497 e. The van der Waals surface area contributed by atoms with Gasteiger partial charge in [-0.15, -0.1) is 0 Å². The van der Waals surface area contributed by atoms with E-state index in [9.17, 15) is 9.59 Å². The predicted molar refractivity (Wildman–Crippen MR) is 76.0 cm³/mol. The molecule has 1 unspecified atom stereocenters. The van der Waals surface area contributed by atoms with E-state index in [1.807, 2.05) is 6.92 Å². The van der Waals surface area contributed by atoms with Crippen LogP contribution in [0, 0.1) is 5.92 Å². The summed E-state index contributed by atoms with van der Waals surface area (Å²) in [7, 11) is 1.56. The quantitative estimate of drug-likeness (QED) is 0.831. The second-order valence-electron chi connectivity index (χ2n) is 4.72. The van der Waals surface area contributed by atoms with Gasteiger partial charge in [0.05, 0.1) is 13.0 Å². The lowest BCUT2D eigenvalue weighted by Crippen LogP contribution is -2.37. The highest BCUT2D eigenvalue weighted by Crippen LogP contribution is 2.14. The molecule has 1 amide bonds. The summed E-state index contributed by atoms with van der Waals surface area (Å²) in [6.07, 6.45) is 0.786. The SMILES string of the molecule is CCCN(CC(C)C(=O)O)C(=O)c1ccc(OC)cc1. The minimum absolute atomic E-state index is 0.150. The van der Waals surface area contributed by atoms with Crippen molar-refractivity contribution >= 4 is 11.9 Å². The molecule has 1 N–H and O–H groups in total. The summed E-state index contributed by atoms with van der Waals surface area (Å²) in [4.78, 5) is 24.9. The van der Waals surface area contributed by atoms with Crippen molar-refractivity contribution in [1.29, 1.82) is 0 Å². The second kappa shape index (κ2) is 7.53. The van der Waals surface area contributed by atoms with Gasteiger partial charge in [0.2, 0.25) is 0 Å². The molecular weight excluding hydrogens is 258 g/mol. The average Bonchev–Trinajstić information content (AvgIpc) is 2.46. The van der Waals surface area contributed by atoms with Gasteiger partial charge in [0.1, 0.15) is 5.75 Å². The Labute approximate surface area is 119 Å². The van der Waals surface area contributed by atoms with E-state index >= 15 is 0 Å². The Hall–Kier alpha value is -2.04. The number of rotatable bonds is 7. The van der Waals surface area contributed by atoms with Gasteiger partial charge in [-0.1, -0.05) is 13.8 Å². The van der Waals surface area contributed by atoms with Crippen molar-refractivity contribution in [3.8, 4) is 5.75 Å². The van der Waals surface area contributed by atoms with Crippen LogP contribution in [0.15, 0.2) is 24.3 Å². The highest BCUT2D eigenvalue weighted by molar-refractivity contribution is 5.94. The maximum atomic E-state index is 12.4. The van der Waals surface area contributed by atoms with Crippen LogP contribution in [0.25, 0.3) is 0 Å². The van der Waals surface area contributed by atoms with Gasteiger partial charge in [-0.2, -0.15) is 0 Å². The van der Waals surface area contributed by atoms with Gasteiger partial charge in [0.25, 0.3) is 5.91 Å². The Kier molecular flexibility index (Phi) is 6.03. The van der Waals surface area contributed by atoms with Crippen LogP contribution in [0.4, 0.5) is 0 Å². The number of aliphatic carboxylic acids is 1. The lowest BCUT2D eigenvalue weighted by Gasteiger charge is -2.24. The molecule has 5 heteroatoms. The molecule has 1 aromatic carbocycles. The van der Waals surface area contributed by atoms with E-state index < -0.39 is 11.9 Å². The molecule has 0 aliphatic rings. The zero-order chi connectivity index (χ0) is 15.1. The van der Waals surface area contributed by atoms with Crippen LogP contribution in [0.2, 0.25) is 0 Å². The Morgan fingerprint density at radius 3 is 2.35 bits per heavy atom. The van der Waals surface area contributed by atoms with Crippen molar-refractivity contribution < 1.29 is 19.4 Å². The molecule has 110 valence electrons. The van der Waals surface area contributed by atoms with Crippen molar-refractivity contribution in [1.82, 2.24) is 4.90 Å². The van der Waals surface area contributed by atoms with Crippen LogP contribution in [-0.2, 0) is 4.79 Å². The number of benzene rings is 1. The van der Waals surface area contributed by atoms with Crippen LogP contribution in [0.1, 0.15) is 30.6 Å². The minimum Gasteiger partial charge on any atom is -0.497 e. The number of carboxylic acids is 1. The zero-order valence-corrected chi connectivity index (χ0v) is 12.1. The maximum Gasteiger partial charge on any atom is 0.308 e. The number of methoxy groups -OCH3 is 1. The predicted octanol–water partition coefficient (Wildman–Crippen LogP) is 2.27. The monoisotopic (exact) mass is 279 g/mol. The molecule has 0 spiro atoms. The molecular formula is C15H21NO4. The molecule has 0 aliphatic carbocycles. The highest BCUT2D eigenvalue weighted by Gasteiger charge is 2.21. The lowest BCUT2D eigenvalue weighted by atomic mass is 10.1. The van der Waals surface area contributed by atoms with Gasteiger partial charge in [0, 0.05) is 18.7 Å². The molecule has 1 atom stereocenters. The van der Waals surface area contributed by atoms with E-state index in [1.54, 1.807) is 43.2 Å². The molecule has 0 aliphatic heterocycles. The summed E-state index contributed by atoms with van der Waals surface area (Å²) in [6.45, 7) is 4.32. The third-order valence-electron chi connectivity index (χ3n) is 3.03. The Balaban J connectivity index is 2.83. The number of carbonyl (C=O) groups excluding carboxylic acids is 1. The number of hydrogen-bond donors (Lipinski definition) is 1. The summed E-state index contributed by atoms with van der Waals surface area (Å²) >= 11 is 0. The Bertz CT molecular complexity index is 455. The minimum atomic E-state index is -0.895. The zero-order valence-electron chi connectivity index (χ0n) is 12.1. The summed E-state index contributed by atoms with van der Waals surface area (Å²) in [6, 6.07) is 6.82. The number of carboxylic acid groups (broad SMARTS) is 1. The fraction of sp³-hybridized carbons (Fsp3) is 0.467. The normalized spacial score (nSPS) is 11.8. The number of carbonyl (C=O) groups is 2. The van der Waals surface area contributed by atoms with E-state index in [-0.39, 0.29) is 12.5 Å². The van der Waals surface area contributed by atoms with Crippen LogP contribution in [0.5, 0.6) is 5.75 Å². The summed E-state index contributed by atoms with van der Waals surface area (Å²) in [5.74, 6) is -0.942. The second-order valence-corrected chi connectivity index (χ2v) is 4.72. The fourth-order valence-corrected chi connectivity index (χ4v) is 1.87. The summed E-state index contributed by atoms with van der Waals surface area (Å²) in [5.41, 5.74) is 0.539. The molecule has 0 heterocycles. The number of hydrogen-bond acceptors (Lipinski definition) is 3. The third kappa shape index (κ3) is 4.26. The number of amides is 1. The van der Waals surface area contributed by atoms with Crippen LogP contribution >= 0.6 is 0 Å².